The van der Waals surface area contributed by atoms with Gasteiger partial charge in [-0.2, -0.15) is 4.52 Å². The molecular formula is C22H22FN5O3S. The maximum Gasteiger partial charge on any atom is 0.289 e. The van der Waals surface area contributed by atoms with Crippen LogP contribution in [0.3, 0.4) is 0 Å². The number of aryl methyl sites for hydroxylation is 1. The minimum Gasteiger partial charge on any atom is -0.492 e. The van der Waals surface area contributed by atoms with Gasteiger partial charge in [-0.15, -0.1) is 5.10 Å². The zero-order chi connectivity index (χ0) is 22.2. The zero-order valence-corrected chi connectivity index (χ0v) is 18.3. The van der Waals surface area contributed by atoms with E-state index >= 15 is 0 Å². The fraction of sp³-hybridized carbons (Fsp3) is 0.318. The van der Waals surface area contributed by atoms with Crippen LogP contribution < -0.4 is 0 Å². The molecule has 0 unspecified atom stereocenters. The number of benzene rings is 1. The van der Waals surface area contributed by atoms with Crippen LogP contribution in [0.15, 0.2) is 47.1 Å². The first kappa shape index (κ1) is 20.7. The molecule has 1 N–H and O–H groups in total. The summed E-state index contributed by atoms with van der Waals surface area (Å²) in [5.74, 6) is 0.498. The number of halogens is 1. The first-order valence-corrected chi connectivity index (χ1v) is 11.3. The third kappa shape index (κ3) is 3.65. The van der Waals surface area contributed by atoms with Crippen molar-refractivity contribution in [2.24, 2.45) is 0 Å². The Morgan fingerprint density at radius 3 is 2.72 bits per heavy atom. The number of thiazole rings is 1. The van der Waals surface area contributed by atoms with E-state index in [9.17, 15) is 14.3 Å². The summed E-state index contributed by atoms with van der Waals surface area (Å²) in [6, 6.07) is 9.36. The van der Waals surface area contributed by atoms with Gasteiger partial charge in [0.1, 0.15) is 5.82 Å². The topological polar surface area (TPSA) is 87.1 Å². The minimum atomic E-state index is -0.384. The van der Waals surface area contributed by atoms with Crippen molar-refractivity contribution in [2.45, 2.75) is 19.4 Å². The van der Waals surface area contributed by atoms with E-state index in [1.807, 2.05) is 13.0 Å². The Morgan fingerprint density at radius 2 is 2.06 bits per heavy atom. The molecule has 1 atom stereocenters. The van der Waals surface area contributed by atoms with Gasteiger partial charge in [-0.1, -0.05) is 30.4 Å². The molecule has 1 fully saturated rings. The molecule has 8 nitrogen and oxygen atoms in total. The minimum absolute atomic E-state index is 0.0144. The quantitative estimate of drug-likeness (QED) is 0.497. The summed E-state index contributed by atoms with van der Waals surface area (Å²) >= 11 is 1.35. The standard InChI is InChI=1S/C22H22FN5O3S/c1-2-17-24-22-28(25-17)21(30)19(32-22)18(14-5-3-6-15(23)13-14)26-8-10-27(11-9-26)20(29)16-7-4-12-31-16/h3-7,12-13,18,30H,2,8-11H2,1H3/t18-/m1/s1. The van der Waals surface area contributed by atoms with E-state index in [1.54, 1.807) is 23.1 Å². The molecule has 4 aromatic rings. The van der Waals surface area contributed by atoms with Crippen LogP contribution in [0.2, 0.25) is 0 Å². The molecule has 1 saturated heterocycles. The van der Waals surface area contributed by atoms with Crippen LogP contribution in [0.4, 0.5) is 4.39 Å². The van der Waals surface area contributed by atoms with Crippen LogP contribution in [-0.2, 0) is 6.42 Å². The number of amides is 1. The molecular weight excluding hydrogens is 433 g/mol. The molecule has 32 heavy (non-hydrogen) atoms. The lowest BCUT2D eigenvalue weighted by Gasteiger charge is -2.38. The first-order valence-electron chi connectivity index (χ1n) is 10.4. The van der Waals surface area contributed by atoms with Crippen LogP contribution in [-0.4, -0.2) is 61.6 Å². The fourth-order valence-corrected chi connectivity index (χ4v) is 5.20. The summed E-state index contributed by atoms with van der Waals surface area (Å²) in [4.78, 5) is 22.2. The van der Waals surface area contributed by atoms with Gasteiger partial charge in [0.2, 0.25) is 10.8 Å². The second kappa shape index (κ2) is 8.36. The van der Waals surface area contributed by atoms with Crippen molar-refractivity contribution in [3.63, 3.8) is 0 Å². The van der Waals surface area contributed by atoms with Crippen LogP contribution in [0.25, 0.3) is 4.96 Å². The second-order valence-electron chi connectivity index (χ2n) is 7.63. The number of hydrogen-bond acceptors (Lipinski definition) is 7. The number of nitrogens with zero attached hydrogens (tertiary/aromatic N) is 5. The van der Waals surface area contributed by atoms with Gasteiger partial charge in [0.05, 0.1) is 17.2 Å². The van der Waals surface area contributed by atoms with Gasteiger partial charge >= 0.3 is 0 Å². The van der Waals surface area contributed by atoms with Gasteiger partial charge in [0.15, 0.2) is 11.6 Å². The number of fused-ring (bicyclic) bond motifs is 1. The molecule has 166 valence electrons. The van der Waals surface area contributed by atoms with Crippen LogP contribution in [0.1, 0.15) is 39.8 Å². The van der Waals surface area contributed by atoms with Crippen LogP contribution >= 0.6 is 11.3 Å². The van der Waals surface area contributed by atoms with Crippen molar-refractivity contribution in [1.29, 1.82) is 0 Å². The summed E-state index contributed by atoms with van der Waals surface area (Å²) < 4.78 is 20.8. The number of furan rings is 1. The van der Waals surface area contributed by atoms with E-state index in [2.05, 4.69) is 15.0 Å². The Balaban J connectivity index is 1.46. The van der Waals surface area contributed by atoms with E-state index in [4.69, 9.17) is 4.42 Å². The number of aromatic hydroxyl groups is 1. The zero-order valence-electron chi connectivity index (χ0n) is 17.4. The summed E-state index contributed by atoms with van der Waals surface area (Å²) in [6.07, 6.45) is 2.15. The maximum absolute atomic E-state index is 14.1. The fourth-order valence-electron chi connectivity index (χ4n) is 4.06. The molecule has 1 amide bonds. The third-order valence-corrected chi connectivity index (χ3v) is 6.74. The van der Waals surface area contributed by atoms with E-state index in [0.29, 0.717) is 54.0 Å². The molecule has 0 spiro atoms. The van der Waals surface area contributed by atoms with Gasteiger partial charge < -0.3 is 14.4 Å². The number of hydrogen-bond donors (Lipinski definition) is 1. The lowest BCUT2D eigenvalue weighted by atomic mass is 10.0. The summed E-state index contributed by atoms with van der Waals surface area (Å²) in [5, 5.41) is 15.3. The summed E-state index contributed by atoms with van der Waals surface area (Å²) in [5.41, 5.74) is 0.728. The van der Waals surface area contributed by atoms with Crippen molar-refractivity contribution in [2.75, 3.05) is 26.2 Å². The highest BCUT2D eigenvalue weighted by Crippen LogP contribution is 2.40. The number of piperazine rings is 1. The van der Waals surface area contributed by atoms with E-state index in [0.717, 1.165) is 5.56 Å². The molecule has 1 aromatic carbocycles. The third-order valence-electron chi connectivity index (χ3n) is 5.67. The highest BCUT2D eigenvalue weighted by Gasteiger charge is 2.33. The summed E-state index contributed by atoms with van der Waals surface area (Å²) in [7, 11) is 0. The van der Waals surface area contributed by atoms with E-state index in [1.165, 1.54) is 34.2 Å². The second-order valence-corrected chi connectivity index (χ2v) is 8.64. The molecule has 0 radical (unpaired) electrons. The number of aromatic nitrogens is 3. The van der Waals surface area contributed by atoms with Gasteiger partial charge in [-0.25, -0.2) is 9.37 Å². The van der Waals surface area contributed by atoms with Crippen LogP contribution in [0, 0.1) is 5.82 Å². The van der Waals surface area contributed by atoms with Crippen molar-refractivity contribution < 1.29 is 18.7 Å². The van der Waals surface area contributed by atoms with Crippen molar-refractivity contribution >= 4 is 22.2 Å². The molecule has 3 aromatic heterocycles. The number of carbonyl (C=O) groups excluding carboxylic acids is 1. The Kier molecular flexibility index (Phi) is 5.40. The smallest absolute Gasteiger partial charge is 0.289 e. The first-order chi connectivity index (χ1) is 15.5. The van der Waals surface area contributed by atoms with Crippen molar-refractivity contribution in [3.8, 4) is 5.88 Å². The van der Waals surface area contributed by atoms with Crippen LogP contribution in [0.5, 0.6) is 5.88 Å². The van der Waals surface area contributed by atoms with Gasteiger partial charge in [-0.3, -0.25) is 9.69 Å². The van der Waals surface area contributed by atoms with E-state index in [-0.39, 0.29) is 23.6 Å². The molecule has 0 bridgehead atoms. The normalized spacial score (nSPS) is 16.0. The highest BCUT2D eigenvalue weighted by atomic mass is 32.1. The predicted octanol–water partition coefficient (Wildman–Crippen LogP) is 3.34. The predicted molar refractivity (Wildman–Crippen MR) is 116 cm³/mol. The highest BCUT2D eigenvalue weighted by molar-refractivity contribution is 7.17. The molecule has 0 aliphatic carbocycles. The molecule has 0 saturated carbocycles. The lowest BCUT2D eigenvalue weighted by Crippen LogP contribution is -2.49. The van der Waals surface area contributed by atoms with Crippen molar-refractivity contribution in [1.82, 2.24) is 24.4 Å². The molecule has 4 heterocycles. The average molecular weight is 456 g/mol. The number of carbonyl (C=O) groups is 1. The van der Waals surface area contributed by atoms with E-state index < -0.39 is 0 Å². The van der Waals surface area contributed by atoms with Crippen molar-refractivity contribution in [3.05, 3.63) is 70.5 Å². The largest absolute Gasteiger partial charge is 0.492 e. The SMILES string of the molecule is CCc1nc2sc([C@@H](c3cccc(F)c3)N3CCN(C(=O)c4ccco4)CC3)c(O)n2n1. The van der Waals surface area contributed by atoms with Gasteiger partial charge in [-0.05, 0) is 29.8 Å². The summed E-state index contributed by atoms with van der Waals surface area (Å²) in [6.45, 7) is 4.05. The molecule has 1 aliphatic heterocycles. The van der Waals surface area contributed by atoms with Gasteiger partial charge in [0.25, 0.3) is 5.91 Å². The van der Waals surface area contributed by atoms with Gasteiger partial charge in [0, 0.05) is 32.6 Å². The Bertz CT molecular complexity index is 1240. The maximum atomic E-state index is 14.1. The Labute approximate surface area is 187 Å². The monoisotopic (exact) mass is 455 g/mol. The Hall–Kier alpha value is -3.24. The molecule has 10 heteroatoms. The lowest BCUT2D eigenvalue weighted by molar-refractivity contribution is 0.0567. The molecule has 5 rings (SSSR count). The average Bonchev–Trinajstić information content (AvgIpc) is 3.53. The Morgan fingerprint density at radius 1 is 1.25 bits per heavy atom. The molecule has 1 aliphatic rings. The number of rotatable bonds is 5.